The van der Waals surface area contributed by atoms with Crippen molar-refractivity contribution < 1.29 is 27.5 Å². The van der Waals surface area contributed by atoms with Crippen LogP contribution in [0.5, 0.6) is 0 Å². The lowest BCUT2D eigenvalue weighted by Crippen LogP contribution is -2.39. The molecule has 1 aromatic rings. The average Bonchev–Trinajstić information content (AvgIpc) is 2.42. The molecule has 1 aromatic carbocycles. The molecule has 0 aliphatic carbocycles. The van der Waals surface area contributed by atoms with Gasteiger partial charge < -0.3 is 10.1 Å². The minimum absolute atomic E-state index is 0.0557. The van der Waals surface area contributed by atoms with Gasteiger partial charge in [-0.25, -0.2) is 4.79 Å². The van der Waals surface area contributed by atoms with Crippen molar-refractivity contribution in [2.24, 2.45) is 5.41 Å². The fourth-order valence-electron chi connectivity index (χ4n) is 1.80. The van der Waals surface area contributed by atoms with E-state index in [1.165, 1.54) is 12.1 Å². The van der Waals surface area contributed by atoms with Gasteiger partial charge in [0.25, 0.3) is 0 Å². The molecule has 1 unspecified atom stereocenters. The first-order valence-electron chi connectivity index (χ1n) is 6.52. The van der Waals surface area contributed by atoms with Crippen molar-refractivity contribution in [1.82, 2.24) is 5.32 Å². The van der Waals surface area contributed by atoms with E-state index in [0.717, 1.165) is 19.2 Å². The van der Waals surface area contributed by atoms with Crippen LogP contribution in [0.25, 0.3) is 0 Å². The Labute approximate surface area is 126 Å². The Morgan fingerprint density at radius 1 is 1.18 bits per heavy atom. The van der Waals surface area contributed by atoms with Crippen LogP contribution in [0.4, 0.5) is 18.0 Å². The highest BCUT2D eigenvalue weighted by atomic mass is 19.4. The van der Waals surface area contributed by atoms with Gasteiger partial charge in [-0.05, 0) is 17.7 Å². The minimum atomic E-state index is -4.53. The monoisotopic (exact) mass is 317 g/mol. The Bertz CT molecular complexity index is 562. The maximum atomic E-state index is 12.8. The van der Waals surface area contributed by atoms with Gasteiger partial charge >= 0.3 is 12.3 Å². The number of methoxy groups -OCH3 is 1. The van der Waals surface area contributed by atoms with E-state index < -0.39 is 35.1 Å². The molecule has 0 bridgehead atoms. The summed E-state index contributed by atoms with van der Waals surface area (Å²) in [6.45, 7) is 4.86. The van der Waals surface area contributed by atoms with E-state index in [0.29, 0.717) is 0 Å². The summed E-state index contributed by atoms with van der Waals surface area (Å²) in [5.41, 5.74) is -1.68. The fraction of sp³-hybridized carbons (Fsp3) is 0.467. The van der Waals surface area contributed by atoms with Crippen LogP contribution in [0.3, 0.4) is 0 Å². The lowest BCUT2D eigenvalue weighted by Gasteiger charge is -2.25. The molecule has 0 aromatic heterocycles. The number of rotatable bonds is 3. The number of ether oxygens (including phenoxy) is 1. The molecule has 0 heterocycles. The summed E-state index contributed by atoms with van der Waals surface area (Å²) in [6, 6.07) is 3.10. The topological polar surface area (TPSA) is 55.4 Å². The number of amides is 1. The van der Waals surface area contributed by atoms with Crippen molar-refractivity contribution in [2.75, 3.05) is 7.11 Å². The van der Waals surface area contributed by atoms with Gasteiger partial charge in [0.05, 0.1) is 12.7 Å². The molecule has 1 atom stereocenters. The fourth-order valence-corrected chi connectivity index (χ4v) is 1.80. The number of nitrogens with one attached hydrogen (secondary N) is 1. The normalized spacial score (nSPS) is 13.4. The van der Waals surface area contributed by atoms with Crippen LogP contribution in [0.15, 0.2) is 24.3 Å². The van der Waals surface area contributed by atoms with Crippen LogP contribution in [0.1, 0.15) is 37.9 Å². The molecule has 0 radical (unpaired) electrons. The number of hydrogen-bond acceptors (Lipinski definition) is 3. The number of ketones is 1. The summed E-state index contributed by atoms with van der Waals surface area (Å²) in [5, 5.41) is 2.29. The predicted molar refractivity (Wildman–Crippen MR) is 74.2 cm³/mol. The van der Waals surface area contributed by atoms with E-state index >= 15 is 0 Å². The number of carbonyl (C=O) groups is 2. The predicted octanol–water partition coefficient (Wildman–Crippen LogP) is 3.72. The Kier molecular flexibility index (Phi) is 5.22. The van der Waals surface area contributed by atoms with E-state index in [9.17, 15) is 22.8 Å². The van der Waals surface area contributed by atoms with E-state index in [4.69, 9.17) is 0 Å². The lowest BCUT2D eigenvalue weighted by molar-refractivity contribution is -0.137. The SMILES string of the molecule is COC(=O)NC(C(=O)C(C)(C)C)c1cccc(C(F)(F)F)c1. The van der Waals surface area contributed by atoms with Crippen molar-refractivity contribution in [3.8, 4) is 0 Å². The van der Waals surface area contributed by atoms with Crippen LogP contribution in [0.2, 0.25) is 0 Å². The molecule has 122 valence electrons. The van der Waals surface area contributed by atoms with Gasteiger partial charge in [0, 0.05) is 5.41 Å². The maximum Gasteiger partial charge on any atom is 0.416 e. The molecular weight excluding hydrogens is 299 g/mol. The molecule has 1 rings (SSSR count). The number of alkyl halides is 3. The van der Waals surface area contributed by atoms with E-state index in [2.05, 4.69) is 10.1 Å². The second-order valence-corrected chi connectivity index (χ2v) is 5.81. The molecule has 0 aliphatic heterocycles. The number of halogens is 3. The van der Waals surface area contributed by atoms with Crippen molar-refractivity contribution in [3.05, 3.63) is 35.4 Å². The summed E-state index contributed by atoms with van der Waals surface area (Å²) in [7, 11) is 1.11. The molecule has 7 heteroatoms. The summed E-state index contributed by atoms with van der Waals surface area (Å²) in [5.74, 6) is -0.419. The number of carbonyl (C=O) groups excluding carboxylic acids is 2. The number of alkyl carbamates (subject to hydrolysis) is 1. The molecule has 0 saturated carbocycles. The second-order valence-electron chi connectivity index (χ2n) is 5.81. The van der Waals surface area contributed by atoms with Gasteiger partial charge in [-0.1, -0.05) is 32.9 Å². The maximum absolute atomic E-state index is 12.8. The third-order valence-electron chi connectivity index (χ3n) is 3.00. The zero-order valence-electron chi connectivity index (χ0n) is 12.7. The number of Topliss-reactive ketones (excluding diaryl/α,β-unsaturated/α-hetero) is 1. The van der Waals surface area contributed by atoms with Crippen LogP contribution in [-0.4, -0.2) is 19.0 Å². The first kappa shape index (κ1) is 18.0. The third-order valence-corrected chi connectivity index (χ3v) is 3.00. The molecular formula is C15H18F3NO3. The highest BCUT2D eigenvalue weighted by Gasteiger charge is 2.35. The summed E-state index contributed by atoms with van der Waals surface area (Å²) < 4.78 is 42.8. The Balaban J connectivity index is 3.27. The third kappa shape index (κ3) is 4.47. The average molecular weight is 317 g/mol. The molecule has 1 amide bonds. The van der Waals surface area contributed by atoms with Crippen LogP contribution in [-0.2, 0) is 15.7 Å². The van der Waals surface area contributed by atoms with Crippen LogP contribution >= 0.6 is 0 Å². The van der Waals surface area contributed by atoms with E-state index in [1.54, 1.807) is 20.8 Å². The van der Waals surface area contributed by atoms with Gasteiger partial charge in [-0.3, -0.25) is 4.79 Å². The standard InChI is InChI=1S/C15H18F3NO3/c1-14(2,3)12(20)11(19-13(21)22-4)9-6-5-7-10(8-9)15(16,17)18/h5-8,11H,1-4H3,(H,19,21). The largest absolute Gasteiger partial charge is 0.453 e. The van der Waals surface area contributed by atoms with Gasteiger partial charge in [0.15, 0.2) is 5.78 Å². The van der Waals surface area contributed by atoms with Crippen molar-refractivity contribution in [1.29, 1.82) is 0 Å². The lowest BCUT2D eigenvalue weighted by atomic mass is 9.83. The number of hydrogen-bond donors (Lipinski definition) is 1. The highest BCUT2D eigenvalue weighted by Crippen LogP contribution is 2.32. The summed E-state index contributed by atoms with van der Waals surface area (Å²) in [6.07, 6.45) is -5.42. The van der Waals surface area contributed by atoms with Gasteiger partial charge in [-0.2, -0.15) is 13.2 Å². The molecule has 4 nitrogen and oxygen atoms in total. The molecule has 1 N–H and O–H groups in total. The molecule has 0 aliphatic rings. The Morgan fingerprint density at radius 3 is 2.23 bits per heavy atom. The highest BCUT2D eigenvalue weighted by molar-refractivity contribution is 5.92. The summed E-state index contributed by atoms with van der Waals surface area (Å²) in [4.78, 5) is 23.8. The zero-order valence-corrected chi connectivity index (χ0v) is 12.7. The summed E-state index contributed by atoms with van der Waals surface area (Å²) >= 11 is 0. The van der Waals surface area contributed by atoms with Gasteiger partial charge in [-0.15, -0.1) is 0 Å². The minimum Gasteiger partial charge on any atom is -0.453 e. The molecule has 0 spiro atoms. The van der Waals surface area contributed by atoms with Gasteiger partial charge in [0.2, 0.25) is 0 Å². The smallest absolute Gasteiger partial charge is 0.416 e. The van der Waals surface area contributed by atoms with Crippen molar-refractivity contribution in [2.45, 2.75) is 33.0 Å². The van der Waals surface area contributed by atoms with E-state index in [-0.39, 0.29) is 5.56 Å². The van der Waals surface area contributed by atoms with E-state index in [1.807, 2.05) is 0 Å². The quantitative estimate of drug-likeness (QED) is 0.924. The Hall–Kier alpha value is -2.05. The first-order chi connectivity index (χ1) is 9.96. The first-order valence-corrected chi connectivity index (χ1v) is 6.52. The molecule has 22 heavy (non-hydrogen) atoms. The molecule has 0 saturated heterocycles. The van der Waals surface area contributed by atoms with Gasteiger partial charge in [0.1, 0.15) is 6.04 Å². The Morgan fingerprint density at radius 2 is 1.77 bits per heavy atom. The van der Waals surface area contributed by atoms with Crippen LogP contribution < -0.4 is 5.32 Å². The van der Waals surface area contributed by atoms with Crippen molar-refractivity contribution in [3.63, 3.8) is 0 Å². The molecule has 0 fully saturated rings. The second kappa shape index (κ2) is 6.37. The van der Waals surface area contributed by atoms with Crippen molar-refractivity contribution >= 4 is 11.9 Å². The van der Waals surface area contributed by atoms with Crippen LogP contribution in [0, 0.1) is 5.41 Å². The number of benzene rings is 1. The zero-order chi connectivity index (χ0) is 17.1.